The molecule has 182 valence electrons. The molecule has 0 bridgehead atoms. The van der Waals surface area contributed by atoms with Crippen molar-refractivity contribution in [1.82, 2.24) is 19.7 Å². The van der Waals surface area contributed by atoms with Crippen LogP contribution in [0.2, 0.25) is 0 Å². The SMILES string of the molecule is Cc1ccc(N2CC(C(=O)Nc3cc(-c4cccs4)nn3-c3nc4c(c(=O)[nH]3)CCC4)CC2=O)cc1. The van der Waals surface area contributed by atoms with Gasteiger partial charge in [0.15, 0.2) is 0 Å². The molecular weight excluding hydrogens is 476 g/mol. The van der Waals surface area contributed by atoms with Crippen molar-refractivity contribution in [2.75, 3.05) is 16.8 Å². The Labute approximate surface area is 210 Å². The summed E-state index contributed by atoms with van der Waals surface area (Å²) in [5, 5.41) is 9.55. The highest BCUT2D eigenvalue weighted by Crippen LogP contribution is 2.30. The Bertz CT molecular complexity index is 1520. The quantitative estimate of drug-likeness (QED) is 0.436. The van der Waals surface area contributed by atoms with E-state index >= 15 is 0 Å². The number of amides is 2. The Morgan fingerprint density at radius 1 is 1.17 bits per heavy atom. The van der Waals surface area contributed by atoms with E-state index in [1.165, 1.54) is 16.0 Å². The van der Waals surface area contributed by atoms with Gasteiger partial charge in [0, 0.05) is 30.3 Å². The van der Waals surface area contributed by atoms with Crippen LogP contribution >= 0.6 is 11.3 Å². The molecule has 36 heavy (non-hydrogen) atoms. The van der Waals surface area contributed by atoms with Gasteiger partial charge in [-0.25, -0.2) is 4.98 Å². The molecule has 10 heteroatoms. The van der Waals surface area contributed by atoms with Gasteiger partial charge in [0.25, 0.3) is 5.56 Å². The zero-order valence-corrected chi connectivity index (χ0v) is 20.5. The average Bonchev–Trinajstić information content (AvgIpc) is 3.66. The smallest absolute Gasteiger partial charge is 0.255 e. The predicted molar refractivity (Wildman–Crippen MR) is 138 cm³/mol. The Morgan fingerprint density at radius 2 is 2.00 bits per heavy atom. The average molecular weight is 501 g/mol. The lowest BCUT2D eigenvalue weighted by Crippen LogP contribution is -2.29. The number of aromatic amines is 1. The van der Waals surface area contributed by atoms with E-state index in [0.717, 1.165) is 40.2 Å². The van der Waals surface area contributed by atoms with Crippen molar-refractivity contribution >= 4 is 34.7 Å². The maximum Gasteiger partial charge on any atom is 0.255 e. The lowest BCUT2D eigenvalue weighted by atomic mass is 10.1. The fraction of sp³-hybridized carbons (Fsp3) is 0.269. The van der Waals surface area contributed by atoms with E-state index in [1.807, 2.05) is 48.7 Å². The molecule has 9 nitrogen and oxygen atoms in total. The van der Waals surface area contributed by atoms with Gasteiger partial charge in [-0.05, 0) is 49.8 Å². The molecule has 0 spiro atoms. The van der Waals surface area contributed by atoms with Gasteiger partial charge in [0.05, 0.1) is 16.5 Å². The molecule has 1 atom stereocenters. The first-order valence-corrected chi connectivity index (χ1v) is 12.8. The molecule has 1 fully saturated rings. The van der Waals surface area contributed by atoms with Crippen molar-refractivity contribution < 1.29 is 9.59 Å². The number of anilines is 2. The number of carbonyl (C=O) groups is 2. The van der Waals surface area contributed by atoms with E-state index < -0.39 is 5.92 Å². The summed E-state index contributed by atoms with van der Waals surface area (Å²) in [6.07, 6.45) is 2.48. The molecule has 1 aromatic carbocycles. The summed E-state index contributed by atoms with van der Waals surface area (Å²) >= 11 is 1.53. The topological polar surface area (TPSA) is 113 Å². The first-order valence-electron chi connectivity index (χ1n) is 11.9. The highest BCUT2D eigenvalue weighted by Gasteiger charge is 2.35. The summed E-state index contributed by atoms with van der Waals surface area (Å²) in [6, 6.07) is 13.3. The molecule has 1 aliphatic heterocycles. The highest BCUT2D eigenvalue weighted by molar-refractivity contribution is 7.13. The van der Waals surface area contributed by atoms with E-state index in [9.17, 15) is 14.4 Å². The summed E-state index contributed by atoms with van der Waals surface area (Å²) in [6.45, 7) is 2.29. The Balaban J connectivity index is 1.30. The number of fused-ring (bicyclic) bond motifs is 1. The van der Waals surface area contributed by atoms with Gasteiger partial charge in [-0.3, -0.25) is 19.4 Å². The first kappa shape index (κ1) is 22.4. The number of H-pyrrole nitrogens is 1. The van der Waals surface area contributed by atoms with Crippen LogP contribution in [0.4, 0.5) is 11.5 Å². The number of aryl methyl sites for hydroxylation is 2. The maximum absolute atomic E-state index is 13.3. The number of nitrogens with one attached hydrogen (secondary N) is 2. The van der Waals surface area contributed by atoms with Gasteiger partial charge in [-0.15, -0.1) is 11.3 Å². The van der Waals surface area contributed by atoms with Crippen LogP contribution in [0.1, 0.15) is 29.7 Å². The lowest BCUT2D eigenvalue weighted by molar-refractivity contribution is -0.122. The lowest BCUT2D eigenvalue weighted by Gasteiger charge is -2.17. The second kappa shape index (κ2) is 8.87. The van der Waals surface area contributed by atoms with Crippen LogP contribution in [0, 0.1) is 12.8 Å². The van der Waals surface area contributed by atoms with Crippen molar-refractivity contribution in [1.29, 1.82) is 0 Å². The third-order valence-electron chi connectivity index (χ3n) is 6.71. The molecule has 0 saturated carbocycles. The largest absolute Gasteiger partial charge is 0.312 e. The summed E-state index contributed by atoms with van der Waals surface area (Å²) in [7, 11) is 0. The third kappa shape index (κ3) is 4.03. The number of hydrogen-bond donors (Lipinski definition) is 2. The van der Waals surface area contributed by atoms with Gasteiger partial charge in [0.2, 0.25) is 17.8 Å². The van der Waals surface area contributed by atoms with Crippen molar-refractivity contribution in [2.24, 2.45) is 5.92 Å². The van der Waals surface area contributed by atoms with Crippen LogP contribution in [-0.2, 0) is 22.4 Å². The zero-order chi connectivity index (χ0) is 24.8. The second-order valence-corrected chi connectivity index (χ2v) is 10.2. The van der Waals surface area contributed by atoms with Gasteiger partial charge in [-0.2, -0.15) is 9.78 Å². The molecule has 2 N–H and O–H groups in total. The number of aromatic nitrogens is 4. The number of carbonyl (C=O) groups excluding carboxylic acids is 2. The van der Waals surface area contributed by atoms with Crippen molar-refractivity contribution in [3.63, 3.8) is 0 Å². The molecule has 1 aliphatic carbocycles. The predicted octanol–water partition coefficient (Wildman–Crippen LogP) is 3.47. The Morgan fingerprint density at radius 3 is 2.78 bits per heavy atom. The van der Waals surface area contributed by atoms with Crippen molar-refractivity contribution in [3.8, 4) is 16.5 Å². The van der Waals surface area contributed by atoms with E-state index in [-0.39, 0.29) is 29.7 Å². The summed E-state index contributed by atoms with van der Waals surface area (Å²) in [4.78, 5) is 48.7. The molecule has 3 aromatic heterocycles. The van der Waals surface area contributed by atoms with Crippen LogP contribution in [0.15, 0.2) is 52.6 Å². The van der Waals surface area contributed by atoms with Crippen LogP contribution in [-0.4, -0.2) is 38.1 Å². The first-order chi connectivity index (χ1) is 17.5. The molecule has 2 aliphatic rings. The maximum atomic E-state index is 13.3. The number of hydrogen-bond acceptors (Lipinski definition) is 6. The minimum atomic E-state index is -0.514. The number of nitrogens with zero attached hydrogens (tertiary/aromatic N) is 4. The third-order valence-corrected chi connectivity index (χ3v) is 7.60. The number of benzene rings is 1. The fourth-order valence-electron chi connectivity index (χ4n) is 4.79. The molecule has 4 heterocycles. The standard InChI is InChI=1S/C26H24N6O3S/c1-15-7-9-17(10-8-15)31-14-16(12-23(31)33)24(34)28-22-13-20(21-6-3-11-36-21)30-32(22)26-27-19-5-2-4-18(19)25(35)29-26/h3,6-11,13,16H,2,4-5,12,14H2,1H3,(H,28,34)(H,27,29,35). The van der Waals surface area contributed by atoms with Crippen LogP contribution in [0.5, 0.6) is 0 Å². The second-order valence-electron chi connectivity index (χ2n) is 9.20. The van der Waals surface area contributed by atoms with Crippen LogP contribution in [0.3, 0.4) is 0 Å². The van der Waals surface area contributed by atoms with E-state index in [1.54, 1.807) is 11.0 Å². The highest BCUT2D eigenvalue weighted by atomic mass is 32.1. The summed E-state index contributed by atoms with van der Waals surface area (Å²) < 4.78 is 1.47. The van der Waals surface area contributed by atoms with E-state index in [4.69, 9.17) is 0 Å². The zero-order valence-electron chi connectivity index (χ0n) is 19.7. The van der Waals surface area contributed by atoms with Gasteiger partial charge < -0.3 is 10.2 Å². The molecular formula is C26H24N6O3S. The van der Waals surface area contributed by atoms with E-state index in [0.29, 0.717) is 24.5 Å². The normalized spacial score (nSPS) is 17.0. The molecule has 6 rings (SSSR count). The van der Waals surface area contributed by atoms with Gasteiger partial charge >= 0.3 is 0 Å². The number of rotatable bonds is 5. The number of thiophene rings is 1. The Kier molecular flexibility index (Phi) is 5.52. The van der Waals surface area contributed by atoms with E-state index in [2.05, 4.69) is 20.4 Å². The summed E-state index contributed by atoms with van der Waals surface area (Å²) in [5.74, 6) is -0.218. The molecule has 1 unspecified atom stereocenters. The van der Waals surface area contributed by atoms with Crippen LogP contribution in [0.25, 0.3) is 16.5 Å². The van der Waals surface area contributed by atoms with Crippen LogP contribution < -0.4 is 15.8 Å². The molecule has 0 radical (unpaired) electrons. The molecule has 2 amide bonds. The minimum Gasteiger partial charge on any atom is -0.312 e. The van der Waals surface area contributed by atoms with Crippen molar-refractivity contribution in [2.45, 2.75) is 32.6 Å². The van der Waals surface area contributed by atoms with Gasteiger partial charge in [0.1, 0.15) is 11.5 Å². The minimum absolute atomic E-state index is 0.0867. The summed E-state index contributed by atoms with van der Waals surface area (Å²) in [5.41, 5.74) is 3.86. The fourth-order valence-corrected chi connectivity index (χ4v) is 5.47. The monoisotopic (exact) mass is 500 g/mol. The van der Waals surface area contributed by atoms with Crippen molar-refractivity contribution in [3.05, 3.63) is 75.0 Å². The molecule has 1 saturated heterocycles. The van der Waals surface area contributed by atoms with Gasteiger partial charge in [-0.1, -0.05) is 23.8 Å². The Hall–Kier alpha value is -4.05. The molecule has 4 aromatic rings.